The van der Waals surface area contributed by atoms with Gasteiger partial charge in [-0.15, -0.1) is 11.8 Å². The smallest absolute Gasteiger partial charge is 0.289 e. The highest BCUT2D eigenvalue weighted by atomic mass is 32.2. The van der Waals surface area contributed by atoms with Crippen LogP contribution in [-0.2, 0) is 16.0 Å². The predicted octanol–water partition coefficient (Wildman–Crippen LogP) is 3.79. The van der Waals surface area contributed by atoms with Crippen molar-refractivity contribution in [2.45, 2.75) is 37.5 Å². The second-order valence-electron chi connectivity index (χ2n) is 10.5. The molecule has 0 aliphatic carbocycles. The number of thioether (sulfide) groups is 1. The van der Waals surface area contributed by atoms with Gasteiger partial charge in [0.25, 0.3) is 5.91 Å². The van der Waals surface area contributed by atoms with E-state index < -0.39 is 5.41 Å². The van der Waals surface area contributed by atoms with E-state index in [0.29, 0.717) is 49.3 Å². The summed E-state index contributed by atoms with van der Waals surface area (Å²) in [5.41, 5.74) is 2.60. The van der Waals surface area contributed by atoms with Crippen LogP contribution < -0.4 is 10.6 Å². The molecule has 0 bridgehead atoms. The molecule has 0 aromatic carbocycles. The van der Waals surface area contributed by atoms with Crippen LogP contribution in [0.1, 0.15) is 47.4 Å². The summed E-state index contributed by atoms with van der Waals surface area (Å²) in [6.45, 7) is 2.42. The molecule has 4 aliphatic heterocycles. The molecular weight excluding hydrogens is 514 g/mol. The summed E-state index contributed by atoms with van der Waals surface area (Å²) in [7, 11) is 0. The summed E-state index contributed by atoms with van der Waals surface area (Å²) in [4.78, 5) is 46.7. The lowest BCUT2D eigenvalue weighted by atomic mass is 9.71. The molecule has 2 saturated heterocycles. The summed E-state index contributed by atoms with van der Waals surface area (Å²) < 4.78 is 5.25. The van der Waals surface area contributed by atoms with Crippen molar-refractivity contribution in [3.05, 3.63) is 76.9 Å². The molecule has 9 nitrogen and oxygen atoms in total. The van der Waals surface area contributed by atoms with Crippen LogP contribution in [0.15, 0.2) is 64.4 Å². The Morgan fingerprint density at radius 2 is 1.97 bits per heavy atom. The number of nitrogens with zero attached hydrogens (tertiary/aromatic N) is 3. The Kier molecular flexibility index (Phi) is 7.03. The number of anilines is 1. The van der Waals surface area contributed by atoms with Crippen molar-refractivity contribution in [2.75, 3.05) is 31.5 Å². The molecule has 202 valence electrons. The molecule has 2 aromatic heterocycles. The predicted molar refractivity (Wildman–Crippen MR) is 149 cm³/mol. The van der Waals surface area contributed by atoms with Crippen molar-refractivity contribution in [3.63, 3.8) is 0 Å². The van der Waals surface area contributed by atoms with Crippen molar-refractivity contribution < 1.29 is 18.8 Å². The Bertz CT molecular complexity index is 1340. The van der Waals surface area contributed by atoms with Gasteiger partial charge in [-0.3, -0.25) is 14.4 Å². The number of nitrogens with one attached hydrogen (secondary N) is 2. The lowest BCUT2D eigenvalue weighted by Gasteiger charge is -2.42. The topological polar surface area (TPSA) is 108 Å². The van der Waals surface area contributed by atoms with Gasteiger partial charge in [0.1, 0.15) is 5.82 Å². The highest BCUT2D eigenvalue weighted by molar-refractivity contribution is 8.03. The highest BCUT2D eigenvalue weighted by Gasteiger charge is 2.45. The zero-order chi connectivity index (χ0) is 26.8. The van der Waals surface area contributed by atoms with Crippen molar-refractivity contribution in [2.24, 2.45) is 5.41 Å². The number of aromatic nitrogens is 1. The third kappa shape index (κ3) is 5.38. The Morgan fingerprint density at radius 3 is 2.69 bits per heavy atom. The number of likely N-dealkylation sites (tertiary alicyclic amines) is 2. The van der Waals surface area contributed by atoms with E-state index >= 15 is 0 Å². The van der Waals surface area contributed by atoms with Crippen LogP contribution in [0.3, 0.4) is 0 Å². The number of fused-ring (bicyclic) bond motifs is 1. The molecule has 0 radical (unpaired) electrons. The Morgan fingerprint density at radius 1 is 1.15 bits per heavy atom. The molecule has 3 amide bonds. The molecule has 6 rings (SSSR count). The van der Waals surface area contributed by atoms with Crippen LogP contribution in [-0.4, -0.2) is 64.1 Å². The van der Waals surface area contributed by atoms with E-state index in [1.807, 2.05) is 17.2 Å². The number of hydrogen-bond donors (Lipinski definition) is 2. The van der Waals surface area contributed by atoms with Crippen LogP contribution in [0.25, 0.3) is 6.08 Å². The first kappa shape index (κ1) is 25.5. The van der Waals surface area contributed by atoms with Crippen LogP contribution >= 0.6 is 11.8 Å². The average molecular weight is 546 g/mol. The minimum Gasteiger partial charge on any atom is -0.459 e. The summed E-state index contributed by atoms with van der Waals surface area (Å²) in [5, 5.41) is 8.64. The first-order valence-electron chi connectivity index (χ1n) is 13.4. The van der Waals surface area contributed by atoms with E-state index in [1.165, 1.54) is 11.8 Å². The SMILES string of the molecule is O=C(/C=C/c1cnc2c(c1)CC1(CCN(C(=O)c3ccco3)CC1)C(=O)N2)N1CCC(=CC2NC=CS2)CC1. The van der Waals surface area contributed by atoms with E-state index in [4.69, 9.17) is 4.42 Å². The molecule has 4 aliphatic rings. The fraction of sp³-hybridized carbons (Fsp3) is 0.379. The Labute approximate surface area is 231 Å². The van der Waals surface area contributed by atoms with Crippen molar-refractivity contribution in [1.29, 1.82) is 0 Å². The van der Waals surface area contributed by atoms with E-state index in [2.05, 4.69) is 27.1 Å². The zero-order valence-corrected chi connectivity index (χ0v) is 22.4. The molecule has 39 heavy (non-hydrogen) atoms. The van der Waals surface area contributed by atoms with Crippen molar-refractivity contribution in [3.8, 4) is 0 Å². The van der Waals surface area contributed by atoms with Gasteiger partial charge in [0.2, 0.25) is 11.8 Å². The van der Waals surface area contributed by atoms with E-state index in [9.17, 15) is 14.4 Å². The van der Waals surface area contributed by atoms with Gasteiger partial charge >= 0.3 is 0 Å². The van der Waals surface area contributed by atoms with Gasteiger partial charge in [-0.1, -0.05) is 11.6 Å². The molecule has 2 aromatic rings. The number of furan rings is 1. The maximum Gasteiger partial charge on any atom is 0.289 e. The standard InChI is InChI=1S/C29H31N5O4S/c35-25(33-10-5-20(6-11-33)17-24-30-9-15-39-24)4-3-21-16-22-18-29(28(37)32-26(22)31-19-21)7-12-34(13-8-29)27(36)23-2-1-14-38-23/h1-4,9,14-17,19,24,30H,5-8,10-13,18H2,(H,31,32,37)/b4-3+. The number of carbonyl (C=O) groups excluding carboxylic acids is 3. The molecule has 2 fully saturated rings. The first-order chi connectivity index (χ1) is 19.0. The van der Waals surface area contributed by atoms with Crippen molar-refractivity contribution >= 4 is 41.4 Å². The molecule has 1 spiro atoms. The minimum absolute atomic E-state index is 0.000160. The Balaban J connectivity index is 1.06. The molecule has 2 N–H and O–H groups in total. The molecule has 6 heterocycles. The number of carbonyl (C=O) groups is 3. The zero-order valence-electron chi connectivity index (χ0n) is 21.6. The number of hydrogen-bond acceptors (Lipinski definition) is 7. The highest BCUT2D eigenvalue weighted by Crippen LogP contribution is 2.41. The van der Waals surface area contributed by atoms with Gasteiger partial charge in [-0.2, -0.15) is 0 Å². The maximum atomic E-state index is 13.1. The van der Waals surface area contributed by atoms with E-state index in [-0.39, 0.29) is 17.7 Å². The van der Waals surface area contributed by atoms with Crippen LogP contribution in [0.5, 0.6) is 0 Å². The minimum atomic E-state index is -0.575. The fourth-order valence-corrected chi connectivity index (χ4v) is 6.46. The second kappa shape index (κ2) is 10.8. The summed E-state index contributed by atoms with van der Waals surface area (Å²) in [5.74, 6) is 0.708. The molecule has 10 heteroatoms. The van der Waals surface area contributed by atoms with Gasteiger partial charge in [-0.25, -0.2) is 4.98 Å². The lowest BCUT2D eigenvalue weighted by Crippen LogP contribution is -2.51. The molecule has 1 atom stereocenters. The largest absolute Gasteiger partial charge is 0.459 e. The summed E-state index contributed by atoms with van der Waals surface area (Å²) in [6, 6.07) is 5.36. The van der Waals surface area contributed by atoms with E-state index in [0.717, 1.165) is 37.1 Å². The number of piperidine rings is 2. The maximum absolute atomic E-state index is 13.1. The third-order valence-corrected chi connectivity index (χ3v) is 8.91. The second-order valence-corrected chi connectivity index (χ2v) is 11.5. The molecule has 1 unspecified atom stereocenters. The quantitative estimate of drug-likeness (QED) is 0.445. The van der Waals surface area contributed by atoms with Gasteiger partial charge < -0.3 is 24.9 Å². The summed E-state index contributed by atoms with van der Waals surface area (Å²) in [6.07, 6.45) is 14.3. The normalized spacial score (nSPS) is 22.1. The van der Waals surface area contributed by atoms with Crippen LogP contribution in [0.4, 0.5) is 5.82 Å². The number of amides is 3. The first-order valence-corrected chi connectivity index (χ1v) is 14.3. The van der Waals surface area contributed by atoms with Gasteiger partial charge in [0.15, 0.2) is 5.76 Å². The monoisotopic (exact) mass is 545 g/mol. The van der Waals surface area contributed by atoms with Gasteiger partial charge in [0.05, 0.1) is 17.1 Å². The van der Waals surface area contributed by atoms with E-state index in [1.54, 1.807) is 47.1 Å². The Hall–Kier alpha value is -3.79. The average Bonchev–Trinajstić information content (AvgIpc) is 3.68. The number of rotatable bonds is 4. The van der Waals surface area contributed by atoms with Crippen molar-refractivity contribution in [1.82, 2.24) is 20.1 Å². The third-order valence-electron chi connectivity index (χ3n) is 8.05. The van der Waals surface area contributed by atoms with Crippen LogP contribution in [0.2, 0.25) is 0 Å². The molecule has 0 saturated carbocycles. The number of pyridine rings is 1. The van der Waals surface area contributed by atoms with Crippen LogP contribution in [0, 0.1) is 5.41 Å². The van der Waals surface area contributed by atoms with Gasteiger partial charge in [0, 0.05) is 44.7 Å². The van der Waals surface area contributed by atoms with Gasteiger partial charge in [-0.05, 0) is 72.9 Å². The lowest BCUT2D eigenvalue weighted by molar-refractivity contribution is -0.128. The fourth-order valence-electron chi connectivity index (χ4n) is 5.70. The molecular formula is C29H31N5O4S. The summed E-state index contributed by atoms with van der Waals surface area (Å²) >= 11 is 1.76.